The van der Waals surface area contributed by atoms with E-state index in [0.29, 0.717) is 28.4 Å². The molecule has 1 aromatic heterocycles. The van der Waals surface area contributed by atoms with E-state index in [9.17, 15) is 4.79 Å². The Labute approximate surface area is 213 Å². The van der Waals surface area contributed by atoms with Gasteiger partial charge in [0, 0.05) is 5.56 Å². The Morgan fingerprint density at radius 2 is 1.69 bits per heavy atom. The van der Waals surface area contributed by atoms with Crippen molar-refractivity contribution in [2.75, 3.05) is 12.0 Å². The topological polar surface area (TPSA) is 80.8 Å². The summed E-state index contributed by atoms with van der Waals surface area (Å²) in [6, 6.07) is 23.2. The number of amidine groups is 1. The summed E-state index contributed by atoms with van der Waals surface area (Å²) in [5.74, 6) is 1.86. The van der Waals surface area contributed by atoms with Crippen molar-refractivity contribution >= 4 is 34.6 Å². The number of aryl methyl sites for hydroxylation is 2. The maximum Gasteiger partial charge on any atom is 0.283 e. The van der Waals surface area contributed by atoms with Crippen LogP contribution in [-0.4, -0.2) is 28.4 Å². The van der Waals surface area contributed by atoms with Crippen LogP contribution in [0.2, 0.25) is 0 Å². The minimum absolute atomic E-state index is 0.186. The van der Waals surface area contributed by atoms with E-state index in [2.05, 4.69) is 16.3 Å². The number of thioether (sulfide) groups is 1. The predicted octanol–water partition coefficient (Wildman–Crippen LogP) is 6.04. The van der Waals surface area contributed by atoms with Crippen LogP contribution in [0.15, 0.2) is 87.9 Å². The molecule has 1 aliphatic rings. The summed E-state index contributed by atoms with van der Waals surface area (Å²) < 4.78 is 11.1. The summed E-state index contributed by atoms with van der Waals surface area (Å²) in [7, 11) is 1.62. The molecule has 2 heterocycles. The van der Waals surface area contributed by atoms with Crippen LogP contribution >= 0.6 is 11.8 Å². The molecular formula is C28H24N4O3S. The number of hydrogen-bond acceptors (Lipinski definition) is 7. The third-order valence-corrected chi connectivity index (χ3v) is 6.45. The lowest BCUT2D eigenvalue weighted by Crippen LogP contribution is -2.30. The zero-order valence-corrected chi connectivity index (χ0v) is 21.0. The van der Waals surface area contributed by atoms with Crippen molar-refractivity contribution < 1.29 is 13.9 Å². The first-order chi connectivity index (χ1) is 17.5. The molecule has 0 saturated heterocycles. The van der Waals surface area contributed by atoms with Crippen LogP contribution in [0, 0.1) is 13.8 Å². The first-order valence-electron chi connectivity index (χ1n) is 11.4. The first kappa shape index (κ1) is 23.6. The van der Waals surface area contributed by atoms with Gasteiger partial charge in [-0.15, -0.1) is 10.2 Å². The zero-order chi connectivity index (χ0) is 25.1. The molecule has 1 amide bonds. The fourth-order valence-electron chi connectivity index (χ4n) is 3.89. The van der Waals surface area contributed by atoms with Crippen molar-refractivity contribution in [1.29, 1.82) is 0 Å². The van der Waals surface area contributed by atoms with Gasteiger partial charge in [-0.3, -0.25) is 9.69 Å². The molecule has 0 N–H and O–H groups in total. The van der Waals surface area contributed by atoms with Crippen LogP contribution in [0.1, 0.15) is 22.6 Å². The molecule has 0 radical (unpaired) electrons. The molecule has 5 rings (SSSR count). The number of hydrogen-bond donors (Lipinski definition) is 0. The molecule has 0 spiro atoms. The van der Waals surface area contributed by atoms with Crippen LogP contribution in [-0.2, 0) is 10.5 Å². The molecular weight excluding hydrogens is 472 g/mol. The molecule has 3 aromatic carbocycles. The number of rotatable bonds is 6. The number of anilines is 1. The lowest BCUT2D eigenvalue weighted by molar-refractivity contribution is -0.113. The molecule has 36 heavy (non-hydrogen) atoms. The highest BCUT2D eigenvalue weighted by atomic mass is 32.2. The second kappa shape index (κ2) is 10.2. The maximum atomic E-state index is 13.5. The maximum absolute atomic E-state index is 13.5. The SMILES string of the molecule is COc1ccc(/C=C2/N=C(SCc3nnc(-c4ccccc4)o3)N(c3cc(C)cc(C)c3)C2=O)cc1. The van der Waals surface area contributed by atoms with Gasteiger partial charge in [0.2, 0.25) is 11.8 Å². The monoisotopic (exact) mass is 496 g/mol. The van der Waals surface area contributed by atoms with Crippen molar-refractivity contribution in [2.45, 2.75) is 19.6 Å². The number of aromatic nitrogens is 2. The van der Waals surface area contributed by atoms with E-state index in [-0.39, 0.29) is 5.91 Å². The molecule has 8 heteroatoms. The minimum Gasteiger partial charge on any atom is -0.497 e. The number of carbonyl (C=O) groups is 1. The van der Waals surface area contributed by atoms with Gasteiger partial charge in [0.1, 0.15) is 11.4 Å². The Kier molecular flexibility index (Phi) is 6.69. The summed E-state index contributed by atoms with van der Waals surface area (Å²) in [4.78, 5) is 19.9. The average Bonchev–Trinajstić information content (AvgIpc) is 3.48. The van der Waals surface area contributed by atoms with Crippen molar-refractivity contribution in [3.8, 4) is 17.2 Å². The molecule has 0 atom stereocenters. The van der Waals surface area contributed by atoms with Crippen LogP contribution in [0.5, 0.6) is 5.75 Å². The Morgan fingerprint density at radius 1 is 0.972 bits per heavy atom. The Bertz CT molecular complexity index is 1440. The predicted molar refractivity (Wildman–Crippen MR) is 143 cm³/mol. The van der Waals surface area contributed by atoms with E-state index in [1.165, 1.54) is 11.8 Å². The molecule has 1 aliphatic heterocycles. The molecule has 0 saturated carbocycles. The second-order valence-electron chi connectivity index (χ2n) is 8.34. The van der Waals surface area contributed by atoms with Gasteiger partial charge in [0.05, 0.1) is 18.6 Å². The van der Waals surface area contributed by atoms with E-state index >= 15 is 0 Å². The molecule has 0 unspecified atom stereocenters. The zero-order valence-electron chi connectivity index (χ0n) is 20.1. The van der Waals surface area contributed by atoms with Crippen molar-refractivity contribution in [3.63, 3.8) is 0 Å². The summed E-state index contributed by atoms with van der Waals surface area (Å²) in [5.41, 5.74) is 4.99. The number of amides is 1. The number of carbonyl (C=O) groups excluding carboxylic acids is 1. The van der Waals surface area contributed by atoms with Gasteiger partial charge >= 0.3 is 0 Å². The lowest BCUT2D eigenvalue weighted by atomic mass is 10.1. The van der Waals surface area contributed by atoms with E-state index in [1.54, 1.807) is 18.1 Å². The first-order valence-corrected chi connectivity index (χ1v) is 12.4. The van der Waals surface area contributed by atoms with E-state index in [1.807, 2.05) is 80.6 Å². The molecule has 0 fully saturated rings. The largest absolute Gasteiger partial charge is 0.497 e. The van der Waals surface area contributed by atoms with Gasteiger partial charge in [-0.25, -0.2) is 4.99 Å². The number of ether oxygens (including phenoxy) is 1. The van der Waals surface area contributed by atoms with Crippen LogP contribution in [0.3, 0.4) is 0 Å². The molecule has 4 aromatic rings. The highest BCUT2D eigenvalue weighted by Gasteiger charge is 2.32. The summed E-state index contributed by atoms with van der Waals surface area (Å²) >= 11 is 1.38. The van der Waals surface area contributed by atoms with Crippen molar-refractivity contribution in [3.05, 3.63) is 101 Å². The van der Waals surface area contributed by atoms with E-state index < -0.39 is 0 Å². The normalized spacial score (nSPS) is 14.4. The summed E-state index contributed by atoms with van der Waals surface area (Å²) in [6.07, 6.45) is 1.78. The average molecular weight is 497 g/mol. The molecule has 180 valence electrons. The Balaban J connectivity index is 1.44. The highest BCUT2D eigenvalue weighted by Crippen LogP contribution is 2.32. The van der Waals surface area contributed by atoms with E-state index in [0.717, 1.165) is 33.7 Å². The van der Waals surface area contributed by atoms with Gasteiger partial charge in [-0.1, -0.05) is 48.2 Å². The summed E-state index contributed by atoms with van der Waals surface area (Å²) in [6.45, 7) is 4.03. The van der Waals surface area contributed by atoms with Crippen LogP contribution in [0.4, 0.5) is 5.69 Å². The van der Waals surface area contributed by atoms with Gasteiger partial charge < -0.3 is 9.15 Å². The Hall–Kier alpha value is -4.17. The van der Waals surface area contributed by atoms with Gasteiger partial charge in [-0.05, 0) is 73.0 Å². The summed E-state index contributed by atoms with van der Waals surface area (Å²) in [5, 5.41) is 8.90. The third kappa shape index (κ3) is 5.08. The molecule has 7 nitrogen and oxygen atoms in total. The van der Waals surface area contributed by atoms with Crippen LogP contribution < -0.4 is 9.64 Å². The van der Waals surface area contributed by atoms with Gasteiger partial charge in [0.15, 0.2) is 5.17 Å². The molecule has 0 aliphatic carbocycles. The quantitative estimate of drug-likeness (QED) is 0.303. The lowest BCUT2D eigenvalue weighted by Gasteiger charge is -2.18. The van der Waals surface area contributed by atoms with Crippen molar-refractivity contribution in [2.24, 2.45) is 4.99 Å². The minimum atomic E-state index is -0.186. The second-order valence-corrected chi connectivity index (χ2v) is 9.28. The number of nitrogens with zero attached hydrogens (tertiary/aromatic N) is 4. The van der Waals surface area contributed by atoms with Gasteiger partial charge in [-0.2, -0.15) is 0 Å². The van der Waals surface area contributed by atoms with Crippen molar-refractivity contribution in [1.82, 2.24) is 10.2 Å². The fourth-order valence-corrected chi connectivity index (χ4v) is 4.74. The van der Waals surface area contributed by atoms with Crippen LogP contribution in [0.25, 0.3) is 17.5 Å². The molecule has 0 bridgehead atoms. The van der Waals surface area contributed by atoms with E-state index in [4.69, 9.17) is 14.1 Å². The number of benzene rings is 3. The number of aliphatic imine (C=N–C) groups is 1. The smallest absolute Gasteiger partial charge is 0.283 e. The Morgan fingerprint density at radius 3 is 2.39 bits per heavy atom. The fraction of sp³-hybridized carbons (Fsp3) is 0.143. The highest BCUT2D eigenvalue weighted by molar-refractivity contribution is 8.13. The van der Waals surface area contributed by atoms with Gasteiger partial charge in [0.25, 0.3) is 5.91 Å². The third-order valence-electron chi connectivity index (χ3n) is 5.53. The standard InChI is InChI=1S/C28H24N4O3S/c1-18-13-19(2)15-22(14-18)32-27(33)24(16-20-9-11-23(34-3)12-10-20)29-28(32)36-17-25-30-31-26(35-25)21-7-5-4-6-8-21/h4-16H,17H2,1-3H3/b24-16+. The number of methoxy groups -OCH3 is 1.